The van der Waals surface area contributed by atoms with E-state index in [0.29, 0.717) is 18.8 Å². The second-order valence-corrected chi connectivity index (χ2v) is 5.90. The number of β-amino-alcohol motifs (C(OH)–C–C–N with tert-alkyl or cyclic N) is 1. The minimum absolute atomic E-state index is 0.0371. The molecule has 1 heterocycles. The van der Waals surface area contributed by atoms with Crippen LogP contribution in [0.2, 0.25) is 0 Å². The van der Waals surface area contributed by atoms with Crippen molar-refractivity contribution in [3.05, 3.63) is 35.5 Å². The number of ether oxygens (including phenoxy) is 1. The van der Waals surface area contributed by atoms with Gasteiger partial charge >= 0.3 is 5.97 Å². The number of rotatable bonds is 10. The number of carbonyl (C=O) groups excluding carboxylic acids is 2. The molecule has 0 radical (unpaired) electrons. The Kier molecular flexibility index (Phi) is 7.59. The normalized spacial score (nSPS) is 13.9. The van der Waals surface area contributed by atoms with Gasteiger partial charge in [-0.3, -0.25) is 4.79 Å². The van der Waals surface area contributed by atoms with Crippen LogP contribution in [0.3, 0.4) is 0 Å². The summed E-state index contributed by atoms with van der Waals surface area (Å²) in [5.41, 5.74) is 1.75. The van der Waals surface area contributed by atoms with E-state index in [-0.39, 0.29) is 50.1 Å². The maximum absolute atomic E-state index is 12.5. The Morgan fingerprint density at radius 2 is 1.78 bits per heavy atom. The molecule has 27 heavy (non-hydrogen) atoms. The topological polar surface area (TPSA) is 123 Å². The first-order valence-electron chi connectivity index (χ1n) is 8.61. The molecule has 9 heteroatoms. The highest BCUT2D eigenvalue weighted by molar-refractivity contribution is 6.08. The molecule has 2 rings (SSSR count). The van der Waals surface area contributed by atoms with Crippen molar-refractivity contribution in [2.75, 3.05) is 63.3 Å². The largest absolute Gasteiger partial charge is 0.466 e. The zero-order chi connectivity index (χ0) is 19.8. The van der Waals surface area contributed by atoms with E-state index in [1.165, 1.54) is 12.0 Å². The van der Waals surface area contributed by atoms with Gasteiger partial charge in [0, 0.05) is 31.0 Å². The zero-order valence-electron chi connectivity index (χ0n) is 15.2. The summed E-state index contributed by atoms with van der Waals surface area (Å²) in [5.74, 6) is -0.976. The minimum atomic E-state index is -0.597. The molecule has 1 aromatic carbocycles. The van der Waals surface area contributed by atoms with E-state index in [9.17, 15) is 9.59 Å². The van der Waals surface area contributed by atoms with Crippen molar-refractivity contribution in [2.45, 2.75) is 0 Å². The van der Waals surface area contributed by atoms with Crippen LogP contribution in [0.5, 0.6) is 0 Å². The number of nitrogens with zero attached hydrogens (tertiary/aromatic N) is 2. The molecule has 0 spiro atoms. The monoisotopic (exact) mass is 379 g/mol. The van der Waals surface area contributed by atoms with Gasteiger partial charge in [-0.05, 0) is 24.3 Å². The number of esters is 1. The molecule has 4 N–H and O–H groups in total. The maximum Gasteiger partial charge on any atom is 0.337 e. The Bertz CT molecular complexity index is 683. The first-order chi connectivity index (χ1) is 13.0. The van der Waals surface area contributed by atoms with Crippen LogP contribution in [0.4, 0.5) is 11.4 Å². The first kappa shape index (κ1) is 20.7. The summed E-state index contributed by atoms with van der Waals surface area (Å²) in [6.07, 6.45) is 0. The summed E-state index contributed by atoms with van der Waals surface area (Å²) in [7, 11) is 1.25. The number of aliphatic hydroxyl groups is 3. The number of methoxy groups -OCH3 is 1. The second-order valence-electron chi connectivity index (χ2n) is 5.90. The van der Waals surface area contributed by atoms with Gasteiger partial charge in [-0.1, -0.05) is 0 Å². The van der Waals surface area contributed by atoms with Crippen LogP contribution < -0.4 is 10.2 Å². The van der Waals surface area contributed by atoms with E-state index in [2.05, 4.69) is 5.32 Å². The molecular weight excluding hydrogens is 354 g/mol. The van der Waals surface area contributed by atoms with Crippen LogP contribution in [0.15, 0.2) is 35.5 Å². The molecule has 0 atom stereocenters. The summed E-state index contributed by atoms with van der Waals surface area (Å²) in [4.78, 5) is 27.7. The third-order valence-electron chi connectivity index (χ3n) is 4.20. The van der Waals surface area contributed by atoms with Gasteiger partial charge in [0.25, 0.3) is 5.91 Å². The Balaban J connectivity index is 2.20. The molecule has 1 aliphatic rings. The fraction of sp³-hybridized carbons (Fsp3) is 0.444. The lowest BCUT2D eigenvalue weighted by molar-refractivity contribution is -0.136. The number of benzene rings is 1. The van der Waals surface area contributed by atoms with Gasteiger partial charge in [-0.2, -0.15) is 0 Å². The van der Waals surface area contributed by atoms with Crippen LogP contribution in [0.1, 0.15) is 0 Å². The number of carbonyl (C=O) groups is 2. The summed E-state index contributed by atoms with van der Waals surface area (Å²) >= 11 is 0. The molecule has 148 valence electrons. The van der Waals surface area contributed by atoms with E-state index >= 15 is 0 Å². The van der Waals surface area contributed by atoms with Gasteiger partial charge in [0.2, 0.25) is 0 Å². The van der Waals surface area contributed by atoms with Gasteiger partial charge in [0.1, 0.15) is 5.70 Å². The predicted molar refractivity (Wildman–Crippen MR) is 99.2 cm³/mol. The number of hydrogen-bond acceptors (Lipinski definition) is 8. The van der Waals surface area contributed by atoms with Gasteiger partial charge in [0.15, 0.2) is 0 Å². The Morgan fingerprint density at radius 3 is 2.30 bits per heavy atom. The predicted octanol–water partition coefficient (Wildman–Crippen LogP) is -0.849. The SMILES string of the molecule is COC(=O)C1=C(Nc2ccc(N(CCO)CCO)cc2)C(=O)N(CCO)C1. The molecule has 0 saturated heterocycles. The second kappa shape index (κ2) is 9.91. The quantitative estimate of drug-likeness (QED) is 0.388. The van der Waals surface area contributed by atoms with Crippen LogP contribution in [0.25, 0.3) is 0 Å². The minimum Gasteiger partial charge on any atom is -0.466 e. The van der Waals surface area contributed by atoms with Gasteiger partial charge in [-0.15, -0.1) is 0 Å². The van der Waals surface area contributed by atoms with Crippen molar-refractivity contribution in [3.63, 3.8) is 0 Å². The average Bonchev–Trinajstić information content (AvgIpc) is 2.98. The molecule has 0 aliphatic carbocycles. The number of hydrogen-bond donors (Lipinski definition) is 4. The average molecular weight is 379 g/mol. The molecule has 9 nitrogen and oxygen atoms in total. The van der Waals surface area contributed by atoms with Crippen molar-refractivity contribution in [1.82, 2.24) is 4.90 Å². The lowest BCUT2D eigenvalue weighted by Crippen LogP contribution is -2.31. The highest BCUT2D eigenvalue weighted by atomic mass is 16.5. The third kappa shape index (κ3) is 4.97. The third-order valence-corrected chi connectivity index (χ3v) is 4.20. The van der Waals surface area contributed by atoms with Crippen LogP contribution >= 0.6 is 0 Å². The molecule has 1 amide bonds. The number of amides is 1. The van der Waals surface area contributed by atoms with Gasteiger partial charge < -0.3 is 35.2 Å². The smallest absolute Gasteiger partial charge is 0.337 e. The Morgan fingerprint density at radius 1 is 1.15 bits per heavy atom. The van der Waals surface area contributed by atoms with Crippen molar-refractivity contribution in [3.8, 4) is 0 Å². The van der Waals surface area contributed by atoms with E-state index in [0.717, 1.165) is 5.69 Å². The van der Waals surface area contributed by atoms with Crippen molar-refractivity contribution in [1.29, 1.82) is 0 Å². The fourth-order valence-corrected chi connectivity index (χ4v) is 2.86. The van der Waals surface area contributed by atoms with Crippen LogP contribution in [-0.4, -0.2) is 85.2 Å². The molecule has 0 aromatic heterocycles. The molecule has 0 bridgehead atoms. The lowest BCUT2D eigenvalue weighted by atomic mass is 10.2. The standard InChI is InChI=1S/C18H25N3O6/c1-27-18(26)15-12-21(8-11-24)17(25)16(15)19-13-2-4-14(5-3-13)20(6-9-22)7-10-23/h2-5,19,22-24H,6-12H2,1H3. The van der Waals surface area contributed by atoms with Crippen molar-refractivity contribution in [2.24, 2.45) is 0 Å². The van der Waals surface area contributed by atoms with Gasteiger partial charge in [0.05, 0.1) is 39.0 Å². The first-order valence-corrected chi connectivity index (χ1v) is 8.61. The summed E-state index contributed by atoms with van der Waals surface area (Å²) in [6.45, 7) is 0.704. The van der Waals surface area contributed by atoms with Crippen molar-refractivity contribution < 1.29 is 29.6 Å². The molecule has 1 aromatic rings. The summed E-state index contributed by atoms with van der Waals surface area (Å²) in [6, 6.07) is 7.05. The highest BCUT2D eigenvalue weighted by Gasteiger charge is 2.34. The van der Waals surface area contributed by atoms with Crippen LogP contribution in [0, 0.1) is 0 Å². The maximum atomic E-state index is 12.5. The van der Waals surface area contributed by atoms with E-state index < -0.39 is 5.97 Å². The molecule has 1 aliphatic heterocycles. The van der Waals surface area contributed by atoms with Crippen LogP contribution in [-0.2, 0) is 14.3 Å². The molecule has 0 unspecified atom stereocenters. The molecular formula is C18H25N3O6. The zero-order valence-corrected chi connectivity index (χ0v) is 15.2. The van der Waals surface area contributed by atoms with E-state index in [4.69, 9.17) is 20.1 Å². The van der Waals surface area contributed by atoms with E-state index in [1.807, 2.05) is 4.90 Å². The summed E-state index contributed by atoms with van der Waals surface area (Å²) in [5, 5.41) is 30.3. The Labute approximate surface area is 157 Å². The summed E-state index contributed by atoms with van der Waals surface area (Å²) < 4.78 is 4.75. The number of nitrogens with one attached hydrogen (secondary N) is 1. The number of aliphatic hydroxyl groups excluding tert-OH is 3. The van der Waals surface area contributed by atoms with Gasteiger partial charge in [-0.25, -0.2) is 4.79 Å². The van der Waals surface area contributed by atoms with E-state index in [1.54, 1.807) is 24.3 Å². The lowest BCUT2D eigenvalue weighted by Gasteiger charge is -2.23. The molecule has 0 fully saturated rings. The highest BCUT2D eigenvalue weighted by Crippen LogP contribution is 2.24. The van der Waals surface area contributed by atoms with Crippen molar-refractivity contribution >= 4 is 23.3 Å². The molecule has 0 saturated carbocycles. The number of anilines is 2. The fourth-order valence-electron chi connectivity index (χ4n) is 2.86. The Hall–Kier alpha value is -2.62.